The van der Waals surface area contributed by atoms with Crippen LogP contribution in [-0.2, 0) is 15.1 Å². The van der Waals surface area contributed by atoms with Crippen LogP contribution >= 0.6 is 0 Å². The summed E-state index contributed by atoms with van der Waals surface area (Å²) in [6.07, 6.45) is 1.31. The molecule has 2 N–H and O–H groups in total. The molecule has 1 atom stereocenters. The predicted molar refractivity (Wildman–Crippen MR) is 83.3 cm³/mol. The highest BCUT2D eigenvalue weighted by molar-refractivity contribution is 6.08. The van der Waals surface area contributed by atoms with E-state index in [4.69, 9.17) is 4.74 Å². The van der Waals surface area contributed by atoms with Crippen molar-refractivity contribution in [3.8, 4) is 5.75 Å². The molecule has 1 aliphatic heterocycles. The topological polar surface area (TPSA) is 87.7 Å². The number of benzene rings is 1. The van der Waals surface area contributed by atoms with Crippen molar-refractivity contribution in [2.24, 2.45) is 0 Å². The van der Waals surface area contributed by atoms with Gasteiger partial charge in [-0.25, -0.2) is 4.79 Å². The maximum atomic E-state index is 12.6. The zero-order valence-electron chi connectivity index (χ0n) is 13.5. The second-order valence-corrected chi connectivity index (χ2v) is 5.62. The summed E-state index contributed by atoms with van der Waals surface area (Å²) in [5, 5.41) is 3.30. The minimum atomic E-state index is -1.25. The van der Waals surface area contributed by atoms with E-state index in [1.54, 1.807) is 52.1 Å². The van der Waals surface area contributed by atoms with Gasteiger partial charge >= 0.3 is 6.03 Å². The highest BCUT2D eigenvalue weighted by Crippen LogP contribution is 2.29. The van der Waals surface area contributed by atoms with E-state index in [1.807, 2.05) is 0 Å². The van der Waals surface area contributed by atoms with Crippen molar-refractivity contribution in [2.75, 3.05) is 7.11 Å². The van der Waals surface area contributed by atoms with Crippen LogP contribution in [0.2, 0.25) is 0 Å². The summed E-state index contributed by atoms with van der Waals surface area (Å²) >= 11 is 0. The Morgan fingerprint density at radius 3 is 2.39 bits per heavy atom. The number of allylic oxidation sites excluding steroid dienone is 1. The molecule has 1 fully saturated rings. The van der Waals surface area contributed by atoms with Crippen molar-refractivity contribution >= 4 is 17.8 Å². The molecule has 1 heterocycles. The lowest BCUT2D eigenvalue weighted by Gasteiger charge is -2.22. The van der Waals surface area contributed by atoms with E-state index in [0.717, 1.165) is 5.57 Å². The van der Waals surface area contributed by atoms with Gasteiger partial charge in [-0.1, -0.05) is 17.7 Å². The van der Waals surface area contributed by atoms with E-state index in [0.29, 0.717) is 16.3 Å². The lowest BCUT2D eigenvalue weighted by Crippen LogP contribution is -2.47. The molecular weight excluding hydrogens is 298 g/mol. The molecule has 1 aromatic rings. The first kappa shape index (κ1) is 16.5. The molecule has 0 spiro atoms. The molecule has 0 aliphatic carbocycles. The number of methoxy groups -OCH3 is 1. The first-order valence-corrected chi connectivity index (χ1v) is 7.04. The molecule has 122 valence electrons. The average molecular weight is 317 g/mol. The van der Waals surface area contributed by atoms with E-state index < -0.39 is 23.4 Å². The Kier molecular flexibility index (Phi) is 4.40. The van der Waals surface area contributed by atoms with Crippen molar-refractivity contribution in [3.05, 3.63) is 41.5 Å². The summed E-state index contributed by atoms with van der Waals surface area (Å²) in [6.45, 7) is 5.07. The Morgan fingerprint density at radius 1 is 1.26 bits per heavy atom. The number of hydrazine groups is 1. The minimum Gasteiger partial charge on any atom is -0.497 e. The maximum absolute atomic E-state index is 12.6. The molecule has 2 rings (SSSR count). The van der Waals surface area contributed by atoms with Gasteiger partial charge in [0.1, 0.15) is 11.3 Å². The molecule has 1 aromatic carbocycles. The van der Waals surface area contributed by atoms with Crippen LogP contribution < -0.4 is 15.5 Å². The summed E-state index contributed by atoms with van der Waals surface area (Å²) in [7, 11) is 1.54. The summed E-state index contributed by atoms with van der Waals surface area (Å²) in [5.41, 5.74) is 2.39. The number of rotatable bonds is 4. The van der Waals surface area contributed by atoms with E-state index in [1.165, 1.54) is 6.08 Å². The third kappa shape index (κ3) is 3.18. The molecule has 0 radical (unpaired) electrons. The van der Waals surface area contributed by atoms with Gasteiger partial charge in [-0.3, -0.25) is 15.0 Å². The fourth-order valence-electron chi connectivity index (χ4n) is 2.27. The van der Waals surface area contributed by atoms with Crippen LogP contribution in [0.5, 0.6) is 5.75 Å². The van der Waals surface area contributed by atoms with Gasteiger partial charge < -0.3 is 10.1 Å². The number of carbonyl (C=O) groups excluding carboxylic acids is 3. The molecule has 1 unspecified atom stereocenters. The Hall–Kier alpha value is -2.83. The second kappa shape index (κ2) is 6.12. The highest BCUT2D eigenvalue weighted by atomic mass is 16.5. The molecule has 0 bridgehead atoms. The Morgan fingerprint density at radius 2 is 1.87 bits per heavy atom. The fraction of sp³-hybridized carbons (Fsp3) is 0.312. The van der Waals surface area contributed by atoms with Gasteiger partial charge in [-0.2, -0.15) is 5.01 Å². The number of ether oxygens (including phenoxy) is 1. The predicted octanol–water partition coefficient (Wildman–Crippen LogP) is 1.46. The molecule has 23 heavy (non-hydrogen) atoms. The van der Waals surface area contributed by atoms with Crippen LogP contribution in [0.3, 0.4) is 0 Å². The number of hydrogen-bond acceptors (Lipinski definition) is 4. The Labute approximate surface area is 134 Å². The van der Waals surface area contributed by atoms with Gasteiger partial charge in [-0.05, 0) is 38.5 Å². The SMILES string of the molecule is COc1ccc(C2(C)NC(=O)N(NC(=O)C=C(C)C)C2=O)cc1. The van der Waals surface area contributed by atoms with Crippen molar-refractivity contribution in [1.82, 2.24) is 15.8 Å². The summed E-state index contributed by atoms with van der Waals surface area (Å²) in [4.78, 5) is 36.4. The summed E-state index contributed by atoms with van der Waals surface area (Å²) < 4.78 is 5.08. The van der Waals surface area contributed by atoms with Crippen LogP contribution in [0.4, 0.5) is 4.79 Å². The molecular formula is C16H19N3O4. The Balaban J connectivity index is 2.25. The number of nitrogens with zero attached hydrogens (tertiary/aromatic N) is 1. The lowest BCUT2D eigenvalue weighted by molar-refractivity contribution is -0.137. The molecule has 1 saturated heterocycles. The first-order valence-electron chi connectivity index (χ1n) is 7.04. The largest absolute Gasteiger partial charge is 0.497 e. The van der Waals surface area contributed by atoms with E-state index in [-0.39, 0.29) is 0 Å². The number of carbonyl (C=O) groups is 3. The van der Waals surface area contributed by atoms with E-state index in [9.17, 15) is 14.4 Å². The van der Waals surface area contributed by atoms with Crippen LogP contribution in [0.25, 0.3) is 0 Å². The molecule has 0 aromatic heterocycles. The fourth-order valence-corrected chi connectivity index (χ4v) is 2.27. The molecule has 0 saturated carbocycles. The second-order valence-electron chi connectivity index (χ2n) is 5.62. The number of nitrogens with one attached hydrogen (secondary N) is 2. The lowest BCUT2D eigenvalue weighted by atomic mass is 9.92. The van der Waals surface area contributed by atoms with Gasteiger partial charge in [0.2, 0.25) is 0 Å². The number of imide groups is 1. The maximum Gasteiger partial charge on any atom is 0.344 e. The average Bonchev–Trinajstić information content (AvgIpc) is 2.71. The third-order valence-electron chi connectivity index (χ3n) is 3.50. The number of amides is 4. The molecule has 4 amide bonds. The van der Waals surface area contributed by atoms with Gasteiger partial charge in [-0.15, -0.1) is 0 Å². The van der Waals surface area contributed by atoms with Gasteiger partial charge in [0.25, 0.3) is 11.8 Å². The smallest absolute Gasteiger partial charge is 0.344 e. The number of hydrogen-bond donors (Lipinski definition) is 2. The van der Waals surface area contributed by atoms with Crippen molar-refractivity contribution in [2.45, 2.75) is 26.3 Å². The van der Waals surface area contributed by atoms with Gasteiger partial charge in [0.15, 0.2) is 0 Å². The van der Waals surface area contributed by atoms with E-state index in [2.05, 4.69) is 10.7 Å². The molecule has 1 aliphatic rings. The van der Waals surface area contributed by atoms with Crippen LogP contribution in [0.15, 0.2) is 35.9 Å². The van der Waals surface area contributed by atoms with Crippen molar-refractivity contribution in [1.29, 1.82) is 0 Å². The molecule has 7 heteroatoms. The standard InChI is InChI=1S/C16H19N3O4/c1-10(2)9-13(20)18-19-14(21)16(3,17-15(19)22)11-5-7-12(23-4)8-6-11/h5-9H,1-4H3,(H,17,22)(H,18,20). The van der Waals surface area contributed by atoms with Gasteiger partial charge in [0, 0.05) is 6.08 Å². The monoisotopic (exact) mass is 317 g/mol. The van der Waals surface area contributed by atoms with Crippen LogP contribution in [0.1, 0.15) is 26.3 Å². The quantitative estimate of drug-likeness (QED) is 0.650. The highest BCUT2D eigenvalue weighted by Gasteiger charge is 2.49. The summed E-state index contributed by atoms with van der Waals surface area (Å²) in [5.74, 6) is -0.446. The van der Waals surface area contributed by atoms with Crippen LogP contribution in [-0.4, -0.2) is 30.0 Å². The summed E-state index contributed by atoms with van der Waals surface area (Å²) in [6, 6.07) is 6.11. The van der Waals surface area contributed by atoms with Crippen molar-refractivity contribution in [3.63, 3.8) is 0 Å². The zero-order chi connectivity index (χ0) is 17.2. The van der Waals surface area contributed by atoms with Gasteiger partial charge in [0.05, 0.1) is 7.11 Å². The van der Waals surface area contributed by atoms with Crippen molar-refractivity contribution < 1.29 is 19.1 Å². The normalized spacial score (nSPS) is 20.1. The third-order valence-corrected chi connectivity index (χ3v) is 3.50. The van der Waals surface area contributed by atoms with Crippen LogP contribution in [0, 0.1) is 0 Å². The zero-order valence-corrected chi connectivity index (χ0v) is 13.5. The minimum absolute atomic E-state index is 0.535. The number of urea groups is 1. The molecule has 7 nitrogen and oxygen atoms in total. The van der Waals surface area contributed by atoms with E-state index >= 15 is 0 Å². The Bertz CT molecular complexity index is 677. The first-order chi connectivity index (χ1) is 10.8.